The summed E-state index contributed by atoms with van der Waals surface area (Å²) in [5, 5.41) is 6.71. The Morgan fingerprint density at radius 1 is 0.933 bits per heavy atom. The Bertz CT molecular complexity index is 1300. The van der Waals surface area contributed by atoms with Crippen LogP contribution in [0.5, 0.6) is 0 Å². The van der Waals surface area contributed by atoms with Gasteiger partial charge in [0.25, 0.3) is 0 Å². The van der Waals surface area contributed by atoms with Crippen LogP contribution in [0.4, 0.5) is 26.3 Å². The Kier molecular flexibility index (Phi) is 3.92. The average Bonchev–Trinajstić information content (AvgIpc) is 3.39. The van der Waals surface area contributed by atoms with Crippen molar-refractivity contribution in [2.45, 2.75) is 25.6 Å². The van der Waals surface area contributed by atoms with Crippen molar-refractivity contribution < 1.29 is 26.3 Å². The minimum atomic E-state index is -4.73. The number of pyridine rings is 1. The van der Waals surface area contributed by atoms with E-state index in [0.717, 1.165) is 23.0 Å². The van der Waals surface area contributed by atoms with Crippen LogP contribution in [0.15, 0.2) is 30.5 Å². The first kappa shape index (κ1) is 18.6. The molecular weight excluding hydrogens is 412 g/mol. The van der Waals surface area contributed by atoms with Gasteiger partial charge >= 0.3 is 6.18 Å². The van der Waals surface area contributed by atoms with Crippen LogP contribution in [0.1, 0.15) is 18.1 Å². The van der Waals surface area contributed by atoms with Gasteiger partial charge in [-0.15, -0.1) is 10.2 Å². The Hall–Kier alpha value is -3.37. The van der Waals surface area contributed by atoms with Gasteiger partial charge in [0.1, 0.15) is 5.82 Å². The lowest BCUT2D eigenvalue weighted by atomic mass is 10.0. The fraction of sp³-hybridized carbons (Fsp3) is 0.211. The molecule has 154 valence electrons. The average molecular weight is 423 g/mol. The molecule has 3 aromatic heterocycles. The molecule has 0 atom stereocenters. The van der Waals surface area contributed by atoms with Gasteiger partial charge < -0.3 is 4.57 Å². The SMILES string of the molecule is Fc1ccc(-c2nc3n(c2-c2ccc4nnc(C(F)(F)F)n4c2)CCC3)c(F)c1F. The molecule has 1 aliphatic heterocycles. The third-order valence-corrected chi connectivity index (χ3v) is 5.05. The van der Waals surface area contributed by atoms with Crippen LogP contribution in [0, 0.1) is 17.5 Å². The van der Waals surface area contributed by atoms with E-state index >= 15 is 0 Å². The van der Waals surface area contributed by atoms with Crippen molar-refractivity contribution in [2.75, 3.05) is 0 Å². The molecule has 0 unspecified atom stereocenters. The van der Waals surface area contributed by atoms with E-state index in [1.54, 1.807) is 4.57 Å². The van der Waals surface area contributed by atoms with E-state index in [2.05, 4.69) is 15.2 Å². The molecule has 0 aliphatic carbocycles. The van der Waals surface area contributed by atoms with Crippen LogP contribution < -0.4 is 0 Å². The fourth-order valence-electron chi connectivity index (χ4n) is 3.74. The van der Waals surface area contributed by atoms with Crippen molar-refractivity contribution >= 4 is 5.65 Å². The van der Waals surface area contributed by atoms with Crippen molar-refractivity contribution in [3.63, 3.8) is 0 Å². The number of halogens is 6. The summed E-state index contributed by atoms with van der Waals surface area (Å²) in [6, 6.07) is 4.70. The zero-order valence-corrected chi connectivity index (χ0v) is 15.0. The summed E-state index contributed by atoms with van der Waals surface area (Å²) in [7, 11) is 0. The van der Waals surface area contributed by atoms with Crippen LogP contribution in [-0.4, -0.2) is 24.1 Å². The topological polar surface area (TPSA) is 48.0 Å². The largest absolute Gasteiger partial charge is 0.452 e. The van der Waals surface area contributed by atoms with E-state index < -0.39 is 29.5 Å². The van der Waals surface area contributed by atoms with Crippen LogP contribution in [0.3, 0.4) is 0 Å². The number of alkyl halides is 3. The molecule has 0 saturated heterocycles. The predicted octanol–water partition coefficient (Wildman–Crippen LogP) is 4.64. The zero-order valence-electron chi connectivity index (χ0n) is 15.0. The van der Waals surface area contributed by atoms with E-state index in [4.69, 9.17) is 0 Å². The number of benzene rings is 1. The standard InChI is InChI=1S/C19H11F6N5/c20-11-5-4-10(14(21)15(11)22)16-17(29-7-1-2-12(29)26-16)9-3-6-13-27-28-18(19(23,24)25)30(13)8-9/h3-6,8H,1-2,7H2. The number of aryl methyl sites for hydroxylation is 1. The molecule has 1 aromatic carbocycles. The Morgan fingerprint density at radius 3 is 2.50 bits per heavy atom. The minimum absolute atomic E-state index is 0.0206. The Balaban J connectivity index is 1.77. The number of hydrogen-bond donors (Lipinski definition) is 0. The van der Waals surface area contributed by atoms with Crippen molar-refractivity contribution in [2.24, 2.45) is 0 Å². The normalized spacial score (nSPS) is 13.9. The van der Waals surface area contributed by atoms with Crippen LogP contribution in [0.25, 0.3) is 28.2 Å². The molecule has 0 bridgehead atoms. The van der Waals surface area contributed by atoms with Gasteiger partial charge in [-0.3, -0.25) is 4.40 Å². The number of fused-ring (bicyclic) bond motifs is 2. The van der Waals surface area contributed by atoms with Crippen molar-refractivity contribution in [3.8, 4) is 22.5 Å². The monoisotopic (exact) mass is 423 g/mol. The number of hydrogen-bond acceptors (Lipinski definition) is 3. The lowest BCUT2D eigenvalue weighted by Gasteiger charge is -2.11. The molecule has 4 aromatic rings. The predicted molar refractivity (Wildman–Crippen MR) is 92.8 cm³/mol. The van der Waals surface area contributed by atoms with Crippen LogP contribution in [-0.2, 0) is 19.1 Å². The van der Waals surface area contributed by atoms with Crippen LogP contribution in [0.2, 0.25) is 0 Å². The lowest BCUT2D eigenvalue weighted by Crippen LogP contribution is -2.11. The molecule has 30 heavy (non-hydrogen) atoms. The van der Waals surface area contributed by atoms with Gasteiger partial charge in [-0.1, -0.05) is 0 Å². The van der Waals surface area contributed by atoms with Gasteiger partial charge in [-0.25, -0.2) is 18.2 Å². The van der Waals surface area contributed by atoms with E-state index in [1.807, 2.05) is 0 Å². The van der Waals surface area contributed by atoms with Gasteiger partial charge in [0, 0.05) is 30.3 Å². The van der Waals surface area contributed by atoms with Gasteiger partial charge in [0.15, 0.2) is 23.1 Å². The summed E-state index contributed by atoms with van der Waals surface area (Å²) in [5.41, 5.74) is 0.337. The highest BCUT2D eigenvalue weighted by Gasteiger charge is 2.37. The van der Waals surface area contributed by atoms with Crippen molar-refractivity contribution in [3.05, 3.63) is 59.6 Å². The maximum atomic E-state index is 14.5. The Morgan fingerprint density at radius 2 is 1.73 bits per heavy atom. The highest BCUT2D eigenvalue weighted by molar-refractivity contribution is 5.80. The molecule has 4 heterocycles. The maximum Gasteiger partial charge on any atom is 0.452 e. The molecular formula is C19H11F6N5. The smallest absolute Gasteiger partial charge is 0.327 e. The number of rotatable bonds is 2. The van der Waals surface area contributed by atoms with E-state index in [-0.39, 0.29) is 22.5 Å². The second kappa shape index (κ2) is 6.31. The molecule has 5 nitrogen and oxygen atoms in total. The van der Waals surface area contributed by atoms with E-state index in [0.29, 0.717) is 24.5 Å². The highest BCUT2D eigenvalue weighted by Crippen LogP contribution is 2.38. The Labute approximate surface area is 164 Å². The van der Waals surface area contributed by atoms with E-state index in [9.17, 15) is 26.3 Å². The summed E-state index contributed by atoms with van der Waals surface area (Å²) in [6.45, 7) is 0.509. The molecule has 0 amide bonds. The molecule has 0 spiro atoms. The molecule has 1 aliphatic rings. The summed E-state index contributed by atoms with van der Waals surface area (Å²) in [4.78, 5) is 4.38. The first-order valence-electron chi connectivity index (χ1n) is 8.91. The quantitative estimate of drug-likeness (QED) is 0.349. The van der Waals surface area contributed by atoms with Crippen molar-refractivity contribution in [1.29, 1.82) is 0 Å². The maximum absolute atomic E-state index is 14.5. The molecule has 5 rings (SSSR count). The molecule has 0 radical (unpaired) electrons. The number of imidazole rings is 1. The van der Waals surface area contributed by atoms with Crippen LogP contribution >= 0.6 is 0 Å². The first-order chi connectivity index (χ1) is 14.3. The highest BCUT2D eigenvalue weighted by atomic mass is 19.4. The van der Waals surface area contributed by atoms with Gasteiger partial charge in [-0.05, 0) is 30.7 Å². The number of nitrogens with zero attached hydrogens (tertiary/aromatic N) is 5. The number of aromatic nitrogens is 5. The summed E-state index contributed by atoms with van der Waals surface area (Å²) < 4.78 is 84.0. The second-order valence-electron chi connectivity index (χ2n) is 6.87. The minimum Gasteiger partial charge on any atom is -0.327 e. The molecule has 0 saturated carbocycles. The summed E-state index contributed by atoms with van der Waals surface area (Å²) >= 11 is 0. The lowest BCUT2D eigenvalue weighted by molar-refractivity contribution is -0.145. The third-order valence-electron chi connectivity index (χ3n) is 5.05. The summed E-state index contributed by atoms with van der Waals surface area (Å²) in [6.07, 6.45) is -2.23. The fourth-order valence-corrected chi connectivity index (χ4v) is 3.74. The van der Waals surface area contributed by atoms with E-state index in [1.165, 1.54) is 18.3 Å². The first-order valence-corrected chi connectivity index (χ1v) is 8.91. The summed E-state index contributed by atoms with van der Waals surface area (Å²) in [5.74, 6) is -5.01. The van der Waals surface area contributed by atoms with Crippen molar-refractivity contribution in [1.82, 2.24) is 24.1 Å². The van der Waals surface area contributed by atoms with Gasteiger partial charge in [0.05, 0.1) is 11.4 Å². The molecule has 0 N–H and O–H groups in total. The second-order valence-corrected chi connectivity index (χ2v) is 6.87. The third kappa shape index (κ3) is 2.68. The van der Waals surface area contributed by atoms with Gasteiger partial charge in [-0.2, -0.15) is 13.2 Å². The molecule has 0 fully saturated rings. The van der Waals surface area contributed by atoms with Gasteiger partial charge in [0.2, 0.25) is 5.82 Å². The molecule has 11 heteroatoms. The zero-order chi connectivity index (χ0) is 21.2.